The first-order chi connectivity index (χ1) is 16.4. The lowest BCUT2D eigenvalue weighted by atomic mass is 9.98. The second-order valence-corrected chi connectivity index (χ2v) is 7.98. The molecule has 1 N–H and O–H groups in total. The summed E-state index contributed by atoms with van der Waals surface area (Å²) < 4.78 is 13.5. The monoisotopic (exact) mass is 458 g/mol. The lowest BCUT2D eigenvalue weighted by Crippen LogP contribution is -2.48. The van der Waals surface area contributed by atoms with Crippen molar-refractivity contribution in [1.29, 1.82) is 5.26 Å². The van der Waals surface area contributed by atoms with Gasteiger partial charge in [0.15, 0.2) is 0 Å². The van der Waals surface area contributed by atoms with Gasteiger partial charge in [-0.05, 0) is 41.0 Å². The van der Waals surface area contributed by atoms with Crippen molar-refractivity contribution in [3.8, 4) is 17.2 Å². The minimum absolute atomic E-state index is 0.0656. The van der Waals surface area contributed by atoms with Crippen LogP contribution in [0.3, 0.4) is 0 Å². The van der Waals surface area contributed by atoms with Crippen LogP contribution in [0.15, 0.2) is 54.9 Å². The van der Waals surface area contributed by atoms with Crippen molar-refractivity contribution in [2.45, 2.75) is 13.3 Å². The average molecular weight is 458 g/mol. The summed E-state index contributed by atoms with van der Waals surface area (Å²) in [4.78, 5) is 35.8. The first kappa shape index (κ1) is 22.9. The molecule has 1 aromatic carbocycles. The number of nitrogens with one attached hydrogen (secondary N) is 1. The molecule has 0 atom stereocenters. The topological polar surface area (TPSA) is 102 Å². The molecule has 0 radical (unpaired) electrons. The number of aromatic nitrogens is 2. The second kappa shape index (κ2) is 10.1. The van der Waals surface area contributed by atoms with E-state index in [1.54, 1.807) is 43.5 Å². The number of pyridine rings is 2. The fourth-order valence-electron chi connectivity index (χ4n) is 3.91. The predicted octanol–water partition coefficient (Wildman–Crippen LogP) is 3.00. The van der Waals surface area contributed by atoms with E-state index in [9.17, 15) is 19.2 Å². The highest BCUT2D eigenvalue weighted by molar-refractivity contribution is 5.91. The van der Waals surface area contributed by atoms with Crippen molar-refractivity contribution in [3.05, 3.63) is 71.9 Å². The standard InChI is InChI=1S/C25H23FN6O2/c1-17(33)31-8-10-32(11-9-31)21-3-5-24(29-16-21)30-25(34)13-18-2-4-22(20(12-18)15-27)19-6-7-28-23(26)14-19/h2-7,12,14,16H,8-11,13H2,1H3,(H,29,30,34). The van der Waals surface area contributed by atoms with Gasteiger partial charge in [-0.1, -0.05) is 12.1 Å². The molecule has 3 heterocycles. The molecule has 2 aromatic heterocycles. The number of anilines is 2. The average Bonchev–Trinajstić information content (AvgIpc) is 2.84. The molecule has 0 unspecified atom stereocenters. The van der Waals surface area contributed by atoms with Gasteiger partial charge in [0, 0.05) is 45.4 Å². The van der Waals surface area contributed by atoms with Crippen molar-refractivity contribution in [2.24, 2.45) is 0 Å². The van der Waals surface area contributed by atoms with E-state index in [-0.39, 0.29) is 18.2 Å². The van der Waals surface area contributed by atoms with Gasteiger partial charge in [0.2, 0.25) is 17.8 Å². The highest BCUT2D eigenvalue weighted by Gasteiger charge is 2.19. The first-order valence-electron chi connectivity index (χ1n) is 10.8. The van der Waals surface area contributed by atoms with Gasteiger partial charge < -0.3 is 15.1 Å². The minimum Gasteiger partial charge on any atom is -0.367 e. The SMILES string of the molecule is CC(=O)N1CCN(c2ccc(NC(=O)Cc3ccc(-c4ccnc(F)c4)c(C#N)c3)nc2)CC1. The van der Waals surface area contributed by atoms with Crippen LogP contribution in [-0.2, 0) is 16.0 Å². The quantitative estimate of drug-likeness (QED) is 0.590. The Morgan fingerprint density at radius 1 is 1.09 bits per heavy atom. The molecule has 4 rings (SSSR count). The molecule has 0 bridgehead atoms. The van der Waals surface area contributed by atoms with Crippen LogP contribution in [0.25, 0.3) is 11.1 Å². The largest absolute Gasteiger partial charge is 0.367 e. The zero-order valence-corrected chi connectivity index (χ0v) is 18.7. The summed E-state index contributed by atoms with van der Waals surface area (Å²) in [5.41, 5.74) is 3.07. The summed E-state index contributed by atoms with van der Waals surface area (Å²) in [6, 6.07) is 13.7. The van der Waals surface area contributed by atoms with Crippen molar-refractivity contribution >= 4 is 23.3 Å². The molecule has 1 fully saturated rings. The number of hydrogen-bond donors (Lipinski definition) is 1. The van der Waals surface area contributed by atoms with Crippen LogP contribution in [0, 0.1) is 17.3 Å². The van der Waals surface area contributed by atoms with Gasteiger partial charge in [0.1, 0.15) is 5.82 Å². The molecule has 1 aliphatic heterocycles. The molecule has 1 aliphatic rings. The van der Waals surface area contributed by atoms with Gasteiger partial charge >= 0.3 is 0 Å². The Kier molecular flexibility index (Phi) is 6.78. The van der Waals surface area contributed by atoms with E-state index in [1.807, 2.05) is 11.0 Å². The number of nitriles is 1. The summed E-state index contributed by atoms with van der Waals surface area (Å²) in [6.07, 6.45) is 3.11. The fourth-order valence-corrected chi connectivity index (χ4v) is 3.91. The molecule has 34 heavy (non-hydrogen) atoms. The van der Waals surface area contributed by atoms with Gasteiger partial charge in [0.25, 0.3) is 0 Å². The maximum absolute atomic E-state index is 13.5. The van der Waals surface area contributed by atoms with E-state index < -0.39 is 5.95 Å². The molecule has 9 heteroatoms. The van der Waals surface area contributed by atoms with E-state index >= 15 is 0 Å². The van der Waals surface area contributed by atoms with Crippen molar-refractivity contribution < 1.29 is 14.0 Å². The van der Waals surface area contributed by atoms with E-state index in [0.29, 0.717) is 41.2 Å². The Hall–Kier alpha value is -4.32. The van der Waals surface area contributed by atoms with Crippen LogP contribution in [0.2, 0.25) is 0 Å². The highest BCUT2D eigenvalue weighted by atomic mass is 19.1. The van der Waals surface area contributed by atoms with Crippen LogP contribution < -0.4 is 10.2 Å². The van der Waals surface area contributed by atoms with E-state index in [1.165, 1.54) is 12.3 Å². The Morgan fingerprint density at radius 2 is 1.88 bits per heavy atom. The lowest BCUT2D eigenvalue weighted by Gasteiger charge is -2.35. The Balaban J connectivity index is 1.37. The number of halogens is 1. The molecule has 2 amide bonds. The number of carbonyl (C=O) groups excluding carboxylic acids is 2. The summed E-state index contributed by atoms with van der Waals surface area (Å²) in [5, 5.41) is 12.3. The van der Waals surface area contributed by atoms with Crippen LogP contribution in [0.4, 0.5) is 15.9 Å². The van der Waals surface area contributed by atoms with Gasteiger partial charge in [0.05, 0.1) is 29.9 Å². The Labute approximate surface area is 196 Å². The Morgan fingerprint density at radius 3 is 2.53 bits per heavy atom. The number of carbonyl (C=O) groups is 2. The highest BCUT2D eigenvalue weighted by Crippen LogP contribution is 2.25. The number of hydrogen-bond acceptors (Lipinski definition) is 6. The molecule has 0 saturated carbocycles. The maximum atomic E-state index is 13.5. The summed E-state index contributed by atoms with van der Waals surface area (Å²) in [5.74, 6) is -0.372. The van der Waals surface area contributed by atoms with Crippen LogP contribution in [-0.4, -0.2) is 52.9 Å². The molecule has 172 valence electrons. The van der Waals surface area contributed by atoms with Gasteiger partial charge in [-0.2, -0.15) is 9.65 Å². The van der Waals surface area contributed by atoms with Crippen LogP contribution in [0.1, 0.15) is 18.1 Å². The molecular weight excluding hydrogens is 435 g/mol. The molecule has 0 spiro atoms. The van der Waals surface area contributed by atoms with E-state index in [0.717, 1.165) is 18.8 Å². The molecular formula is C25H23FN6O2. The third-order valence-electron chi connectivity index (χ3n) is 5.71. The minimum atomic E-state index is -0.623. The van der Waals surface area contributed by atoms with Crippen molar-refractivity contribution in [3.63, 3.8) is 0 Å². The zero-order chi connectivity index (χ0) is 24.1. The number of amides is 2. The Bertz CT molecular complexity index is 1250. The third kappa shape index (κ3) is 5.35. The molecule has 8 nitrogen and oxygen atoms in total. The smallest absolute Gasteiger partial charge is 0.229 e. The molecule has 3 aromatic rings. The molecule has 0 aliphatic carbocycles. The van der Waals surface area contributed by atoms with Crippen molar-refractivity contribution in [1.82, 2.24) is 14.9 Å². The van der Waals surface area contributed by atoms with E-state index in [4.69, 9.17) is 0 Å². The van der Waals surface area contributed by atoms with Gasteiger partial charge in [-0.25, -0.2) is 9.97 Å². The molecule has 1 saturated heterocycles. The normalized spacial score (nSPS) is 13.3. The lowest BCUT2D eigenvalue weighted by molar-refractivity contribution is -0.129. The predicted molar refractivity (Wildman–Crippen MR) is 125 cm³/mol. The van der Waals surface area contributed by atoms with Crippen LogP contribution >= 0.6 is 0 Å². The summed E-state index contributed by atoms with van der Waals surface area (Å²) >= 11 is 0. The van der Waals surface area contributed by atoms with Gasteiger partial charge in [-0.15, -0.1) is 0 Å². The first-order valence-corrected chi connectivity index (χ1v) is 10.8. The number of rotatable bonds is 5. The summed E-state index contributed by atoms with van der Waals surface area (Å²) in [7, 11) is 0. The number of nitrogens with zero attached hydrogens (tertiary/aromatic N) is 5. The van der Waals surface area contributed by atoms with Gasteiger partial charge in [-0.3, -0.25) is 9.59 Å². The summed E-state index contributed by atoms with van der Waals surface area (Å²) in [6.45, 7) is 4.39. The zero-order valence-electron chi connectivity index (χ0n) is 18.7. The van der Waals surface area contributed by atoms with E-state index in [2.05, 4.69) is 26.3 Å². The second-order valence-electron chi connectivity index (χ2n) is 7.98. The third-order valence-corrected chi connectivity index (χ3v) is 5.71. The van der Waals surface area contributed by atoms with Crippen LogP contribution in [0.5, 0.6) is 0 Å². The number of benzene rings is 1. The fraction of sp³-hybridized carbons (Fsp3) is 0.240. The number of piperazine rings is 1. The van der Waals surface area contributed by atoms with Crippen molar-refractivity contribution in [2.75, 3.05) is 36.4 Å². The maximum Gasteiger partial charge on any atom is 0.229 e.